The van der Waals surface area contributed by atoms with Crippen molar-refractivity contribution in [2.24, 2.45) is 0 Å². The monoisotopic (exact) mass is 452 g/mol. The van der Waals surface area contributed by atoms with Crippen molar-refractivity contribution in [1.82, 2.24) is 0 Å². The summed E-state index contributed by atoms with van der Waals surface area (Å²) in [6, 6.07) is 45.4. The molecule has 0 bridgehead atoms. The van der Waals surface area contributed by atoms with E-state index in [-0.39, 0.29) is 0 Å². The van der Waals surface area contributed by atoms with Gasteiger partial charge in [-0.05, 0) is 135 Å². The molecule has 0 N–H and O–H groups in total. The average Bonchev–Trinajstić information content (AvgIpc) is 2.93. The van der Waals surface area contributed by atoms with Crippen molar-refractivity contribution in [2.75, 3.05) is 0 Å². The van der Waals surface area contributed by atoms with Gasteiger partial charge in [0.25, 0.3) is 0 Å². The topological polar surface area (TPSA) is 0 Å². The van der Waals surface area contributed by atoms with Gasteiger partial charge in [0, 0.05) is 0 Å². The van der Waals surface area contributed by atoms with E-state index in [0.717, 1.165) is 0 Å². The standard InChI is InChI=1S/C36H20/c1-3-7-23-15-29-25(13-21(23)5-1)9-11-27-17-33-35(19-31(27)29)34-18-28-12-10-26-14-22-6-2-4-8-24(22)16-30(26)32(28)20-36(33)34/h1-20H. The summed E-state index contributed by atoms with van der Waals surface area (Å²) in [5.41, 5.74) is 5.49. The predicted octanol–water partition coefficient (Wildman–Crippen LogP) is 10.3. The first-order valence-corrected chi connectivity index (χ1v) is 12.6. The van der Waals surface area contributed by atoms with E-state index in [1.54, 1.807) is 0 Å². The van der Waals surface area contributed by atoms with Crippen LogP contribution in [0.5, 0.6) is 0 Å². The highest BCUT2D eigenvalue weighted by atomic mass is 14.3. The minimum Gasteiger partial charge on any atom is -0.0616 e. The molecule has 1 aliphatic carbocycles. The molecule has 8 aromatic rings. The maximum Gasteiger partial charge on any atom is -0.00921 e. The molecule has 36 heavy (non-hydrogen) atoms. The van der Waals surface area contributed by atoms with Gasteiger partial charge >= 0.3 is 0 Å². The van der Waals surface area contributed by atoms with Crippen LogP contribution in [0.25, 0.3) is 86.9 Å². The van der Waals surface area contributed by atoms with Crippen molar-refractivity contribution in [3.05, 3.63) is 121 Å². The second-order valence-corrected chi connectivity index (χ2v) is 10.2. The summed E-state index contributed by atoms with van der Waals surface area (Å²) in [7, 11) is 0. The van der Waals surface area contributed by atoms with Gasteiger partial charge in [-0.2, -0.15) is 0 Å². The van der Waals surface area contributed by atoms with Gasteiger partial charge in [-0.15, -0.1) is 0 Å². The first-order valence-electron chi connectivity index (χ1n) is 12.6. The Balaban J connectivity index is 1.30. The summed E-state index contributed by atoms with van der Waals surface area (Å²) >= 11 is 0. The minimum absolute atomic E-state index is 1.30. The van der Waals surface area contributed by atoms with Crippen LogP contribution in [0, 0.1) is 0 Å². The molecule has 0 saturated carbocycles. The van der Waals surface area contributed by atoms with Gasteiger partial charge in [-0.1, -0.05) is 72.8 Å². The van der Waals surface area contributed by atoms with Gasteiger partial charge in [0.2, 0.25) is 0 Å². The molecule has 0 fully saturated rings. The predicted molar refractivity (Wildman–Crippen MR) is 156 cm³/mol. The molecule has 0 nitrogen and oxygen atoms in total. The Hall–Kier alpha value is -4.68. The molecule has 164 valence electrons. The van der Waals surface area contributed by atoms with Crippen LogP contribution in [-0.4, -0.2) is 0 Å². The SMILES string of the molecule is c1ccc2cc3c(ccc4cc5c(cc43)-c3cc4ccc6cc7ccccc7cc6c4cc3-5)cc2c1. The van der Waals surface area contributed by atoms with Gasteiger partial charge in [0.15, 0.2) is 0 Å². The van der Waals surface area contributed by atoms with E-state index in [1.165, 1.54) is 86.9 Å². The molecule has 0 atom stereocenters. The summed E-state index contributed by atoms with van der Waals surface area (Å²) in [6.45, 7) is 0. The van der Waals surface area contributed by atoms with Gasteiger partial charge < -0.3 is 0 Å². The highest BCUT2D eigenvalue weighted by Crippen LogP contribution is 2.51. The Morgan fingerprint density at radius 1 is 0.222 bits per heavy atom. The lowest BCUT2D eigenvalue weighted by molar-refractivity contribution is 1.58. The summed E-state index contributed by atoms with van der Waals surface area (Å²) in [5.74, 6) is 0. The number of hydrogen-bond acceptors (Lipinski definition) is 0. The van der Waals surface area contributed by atoms with Gasteiger partial charge in [0.05, 0.1) is 0 Å². The fourth-order valence-electron chi connectivity index (χ4n) is 6.42. The third kappa shape index (κ3) is 2.38. The lowest BCUT2D eigenvalue weighted by Crippen LogP contribution is -1.99. The van der Waals surface area contributed by atoms with Crippen LogP contribution < -0.4 is 0 Å². The molecular formula is C36H20. The second-order valence-electron chi connectivity index (χ2n) is 10.2. The van der Waals surface area contributed by atoms with E-state index < -0.39 is 0 Å². The van der Waals surface area contributed by atoms with Crippen LogP contribution in [0.4, 0.5) is 0 Å². The zero-order valence-electron chi connectivity index (χ0n) is 19.5. The van der Waals surface area contributed by atoms with E-state index in [9.17, 15) is 0 Å². The van der Waals surface area contributed by atoms with Crippen LogP contribution in [0.15, 0.2) is 121 Å². The molecule has 0 heterocycles. The summed E-state index contributed by atoms with van der Waals surface area (Å²) in [4.78, 5) is 0. The van der Waals surface area contributed by atoms with E-state index in [0.29, 0.717) is 0 Å². The van der Waals surface area contributed by atoms with Crippen molar-refractivity contribution >= 4 is 64.6 Å². The Bertz CT molecular complexity index is 2070. The molecule has 1 aliphatic rings. The fraction of sp³-hybridized carbons (Fsp3) is 0. The first kappa shape index (κ1) is 18.6. The van der Waals surface area contributed by atoms with Crippen molar-refractivity contribution < 1.29 is 0 Å². The van der Waals surface area contributed by atoms with E-state index >= 15 is 0 Å². The summed E-state index contributed by atoms with van der Waals surface area (Å²) in [6.07, 6.45) is 0. The lowest BCUT2D eigenvalue weighted by Gasteiger charge is -2.26. The number of fused-ring (bicyclic) bond motifs is 12. The summed E-state index contributed by atoms with van der Waals surface area (Å²) in [5, 5.41) is 15.8. The first-order chi connectivity index (χ1) is 17.8. The van der Waals surface area contributed by atoms with Crippen molar-refractivity contribution in [3.8, 4) is 22.3 Å². The molecule has 0 aliphatic heterocycles. The van der Waals surface area contributed by atoms with Crippen LogP contribution in [0.2, 0.25) is 0 Å². The Labute approximate surface area is 208 Å². The Morgan fingerprint density at radius 2 is 0.528 bits per heavy atom. The largest absolute Gasteiger partial charge is 0.0616 e. The van der Waals surface area contributed by atoms with Crippen molar-refractivity contribution in [1.29, 1.82) is 0 Å². The Morgan fingerprint density at radius 3 is 0.944 bits per heavy atom. The van der Waals surface area contributed by atoms with E-state index in [2.05, 4.69) is 121 Å². The second kappa shape index (κ2) is 6.50. The zero-order chi connectivity index (χ0) is 23.4. The maximum absolute atomic E-state index is 2.42. The third-order valence-corrected chi connectivity index (χ3v) is 8.26. The number of hydrogen-bond donors (Lipinski definition) is 0. The molecule has 0 saturated heterocycles. The van der Waals surface area contributed by atoms with Gasteiger partial charge in [0.1, 0.15) is 0 Å². The van der Waals surface area contributed by atoms with Crippen LogP contribution in [0.1, 0.15) is 0 Å². The van der Waals surface area contributed by atoms with Gasteiger partial charge in [-0.25, -0.2) is 0 Å². The minimum atomic E-state index is 1.30. The lowest BCUT2D eigenvalue weighted by atomic mass is 9.77. The zero-order valence-corrected chi connectivity index (χ0v) is 19.5. The molecule has 0 heteroatoms. The highest BCUT2D eigenvalue weighted by molar-refractivity contribution is 6.21. The fourth-order valence-corrected chi connectivity index (χ4v) is 6.42. The molecule has 0 aromatic heterocycles. The highest BCUT2D eigenvalue weighted by Gasteiger charge is 2.24. The number of benzene rings is 8. The van der Waals surface area contributed by atoms with E-state index in [4.69, 9.17) is 0 Å². The molecule has 0 spiro atoms. The van der Waals surface area contributed by atoms with Crippen LogP contribution in [-0.2, 0) is 0 Å². The molecule has 8 aromatic carbocycles. The molecule has 0 radical (unpaired) electrons. The van der Waals surface area contributed by atoms with E-state index in [1.807, 2.05) is 0 Å². The van der Waals surface area contributed by atoms with Crippen molar-refractivity contribution in [3.63, 3.8) is 0 Å². The molecule has 9 rings (SSSR count). The molecule has 0 unspecified atom stereocenters. The van der Waals surface area contributed by atoms with Crippen molar-refractivity contribution in [2.45, 2.75) is 0 Å². The van der Waals surface area contributed by atoms with Crippen LogP contribution >= 0.6 is 0 Å². The van der Waals surface area contributed by atoms with Gasteiger partial charge in [-0.3, -0.25) is 0 Å². The quantitative estimate of drug-likeness (QED) is 0.159. The number of rotatable bonds is 0. The molecular weight excluding hydrogens is 432 g/mol. The van der Waals surface area contributed by atoms with Crippen LogP contribution in [0.3, 0.4) is 0 Å². The Kier molecular flexibility index (Phi) is 3.36. The third-order valence-electron chi connectivity index (χ3n) is 8.26. The normalized spacial score (nSPS) is 12.4. The summed E-state index contributed by atoms with van der Waals surface area (Å²) < 4.78 is 0. The average molecular weight is 453 g/mol. The molecule has 0 amide bonds. The maximum atomic E-state index is 2.42. The smallest absolute Gasteiger partial charge is 0.00921 e.